The molecular weight excluding hydrogens is 313 g/mol. The molecule has 0 saturated heterocycles. The van der Waals surface area contributed by atoms with E-state index in [1.807, 2.05) is 0 Å². The third-order valence-electron chi connectivity index (χ3n) is 2.33. The largest absolute Gasteiger partial charge is 0.334 e. The molecule has 2 amide bonds. The number of halogens is 2. The van der Waals surface area contributed by atoms with Gasteiger partial charge < -0.3 is 5.32 Å². The second-order valence-corrected chi connectivity index (χ2v) is 4.71. The molecule has 0 aliphatic rings. The summed E-state index contributed by atoms with van der Waals surface area (Å²) < 4.78 is 13.5. The lowest BCUT2D eigenvalue weighted by molar-refractivity contribution is 0.251. The van der Waals surface area contributed by atoms with E-state index in [1.54, 1.807) is 30.5 Å². The highest BCUT2D eigenvalue weighted by atomic mass is 79.9. The van der Waals surface area contributed by atoms with Gasteiger partial charge in [-0.05, 0) is 29.8 Å². The van der Waals surface area contributed by atoms with Crippen molar-refractivity contribution in [3.05, 3.63) is 58.4 Å². The summed E-state index contributed by atoms with van der Waals surface area (Å²) in [4.78, 5) is 15.6. The summed E-state index contributed by atoms with van der Waals surface area (Å²) in [6, 6.07) is 9.03. The number of amides is 2. The van der Waals surface area contributed by atoms with Gasteiger partial charge in [0.2, 0.25) is 0 Å². The molecule has 2 N–H and O–H groups in total. The fraction of sp³-hybridized carbons (Fsp3) is 0.0769. The van der Waals surface area contributed by atoms with Crippen LogP contribution in [0.15, 0.2) is 47.1 Å². The molecule has 1 heterocycles. The molecule has 1 aromatic heterocycles. The molecule has 0 fully saturated rings. The number of carbonyl (C=O) groups is 1. The van der Waals surface area contributed by atoms with E-state index in [9.17, 15) is 9.18 Å². The molecule has 6 heteroatoms. The highest BCUT2D eigenvalue weighted by Crippen LogP contribution is 2.12. The van der Waals surface area contributed by atoms with E-state index < -0.39 is 0 Å². The first-order chi connectivity index (χ1) is 9.13. The van der Waals surface area contributed by atoms with Crippen molar-refractivity contribution in [3.63, 3.8) is 0 Å². The lowest BCUT2D eigenvalue weighted by Crippen LogP contribution is -2.28. The van der Waals surface area contributed by atoms with Crippen molar-refractivity contribution in [2.45, 2.75) is 6.54 Å². The first kappa shape index (κ1) is 13.5. The second-order valence-electron chi connectivity index (χ2n) is 3.79. The number of anilines is 1. The number of nitrogens with zero attached hydrogens (tertiary/aromatic N) is 1. The van der Waals surface area contributed by atoms with E-state index in [-0.39, 0.29) is 11.8 Å². The lowest BCUT2D eigenvalue weighted by Gasteiger charge is -2.07. The molecule has 0 radical (unpaired) electrons. The van der Waals surface area contributed by atoms with Gasteiger partial charge in [-0.15, -0.1) is 0 Å². The molecule has 1 aromatic carbocycles. The van der Waals surface area contributed by atoms with Crippen LogP contribution >= 0.6 is 15.9 Å². The van der Waals surface area contributed by atoms with E-state index >= 15 is 0 Å². The maximum absolute atomic E-state index is 12.7. The zero-order valence-corrected chi connectivity index (χ0v) is 11.4. The van der Waals surface area contributed by atoms with Gasteiger partial charge in [0.15, 0.2) is 0 Å². The Morgan fingerprint density at radius 1 is 1.26 bits per heavy atom. The molecule has 2 rings (SSSR count). The van der Waals surface area contributed by atoms with Crippen molar-refractivity contribution in [1.82, 2.24) is 10.3 Å². The first-order valence-corrected chi connectivity index (χ1v) is 6.33. The van der Waals surface area contributed by atoms with Gasteiger partial charge in [0.1, 0.15) is 11.6 Å². The molecule has 0 spiro atoms. The molecule has 0 aliphatic carbocycles. The lowest BCUT2D eigenvalue weighted by atomic mass is 10.2. The van der Waals surface area contributed by atoms with Crippen LogP contribution in [0.3, 0.4) is 0 Å². The smallest absolute Gasteiger partial charge is 0.320 e. The van der Waals surface area contributed by atoms with Crippen LogP contribution in [0.1, 0.15) is 5.56 Å². The van der Waals surface area contributed by atoms with E-state index in [2.05, 4.69) is 31.5 Å². The van der Waals surface area contributed by atoms with Gasteiger partial charge in [0.25, 0.3) is 0 Å². The first-order valence-electron chi connectivity index (χ1n) is 5.54. The highest BCUT2D eigenvalue weighted by Gasteiger charge is 2.03. The zero-order valence-electron chi connectivity index (χ0n) is 9.86. The number of benzene rings is 1. The average molecular weight is 324 g/mol. The van der Waals surface area contributed by atoms with Crippen LogP contribution < -0.4 is 10.6 Å². The van der Waals surface area contributed by atoms with Crippen molar-refractivity contribution >= 4 is 27.8 Å². The van der Waals surface area contributed by atoms with Crippen molar-refractivity contribution in [1.29, 1.82) is 0 Å². The number of rotatable bonds is 3. The van der Waals surface area contributed by atoms with Crippen LogP contribution in [0.25, 0.3) is 0 Å². The van der Waals surface area contributed by atoms with Gasteiger partial charge >= 0.3 is 6.03 Å². The highest BCUT2D eigenvalue weighted by molar-refractivity contribution is 9.10. The maximum atomic E-state index is 12.7. The van der Waals surface area contributed by atoms with Gasteiger partial charge in [0, 0.05) is 17.2 Å². The van der Waals surface area contributed by atoms with Crippen molar-refractivity contribution in [2.24, 2.45) is 0 Å². The SMILES string of the molecule is O=C(NCc1ccc(F)cc1)Nc1cc(Br)ccn1. The van der Waals surface area contributed by atoms with Crippen LogP contribution in [0.4, 0.5) is 15.0 Å². The van der Waals surface area contributed by atoms with Crippen LogP contribution in [-0.2, 0) is 6.54 Å². The number of hydrogen-bond acceptors (Lipinski definition) is 2. The maximum Gasteiger partial charge on any atom is 0.320 e. The van der Waals surface area contributed by atoms with Gasteiger partial charge in [-0.25, -0.2) is 14.2 Å². The fourth-order valence-corrected chi connectivity index (χ4v) is 1.75. The number of carbonyl (C=O) groups excluding carboxylic acids is 1. The van der Waals surface area contributed by atoms with Crippen LogP contribution in [-0.4, -0.2) is 11.0 Å². The Kier molecular flexibility index (Phi) is 4.46. The minimum Gasteiger partial charge on any atom is -0.334 e. The third-order valence-corrected chi connectivity index (χ3v) is 2.82. The van der Waals surface area contributed by atoms with Crippen molar-refractivity contribution in [2.75, 3.05) is 5.32 Å². The second kappa shape index (κ2) is 6.29. The minimum absolute atomic E-state index is 0.300. The molecule has 0 bridgehead atoms. The monoisotopic (exact) mass is 323 g/mol. The standard InChI is InChI=1S/C13H11BrFN3O/c14-10-5-6-16-12(7-10)18-13(19)17-8-9-1-3-11(15)4-2-9/h1-7H,8H2,(H2,16,17,18,19). The Morgan fingerprint density at radius 3 is 2.68 bits per heavy atom. The predicted octanol–water partition coefficient (Wildman–Crippen LogP) is 3.30. The molecule has 2 aromatic rings. The zero-order chi connectivity index (χ0) is 13.7. The van der Waals surface area contributed by atoms with Gasteiger partial charge in [-0.2, -0.15) is 0 Å². The number of aromatic nitrogens is 1. The number of nitrogens with one attached hydrogen (secondary N) is 2. The fourth-order valence-electron chi connectivity index (χ4n) is 1.42. The predicted molar refractivity (Wildman–Crippen MR) is 74.2 cm³/mol. The Bertz CT molecular complexity index is 574. The van der Waals surface area contributed by atoms with Crippen molar-refractivity contribution < 1.29 is 9.18 Å². The molecule has 0 unspecified atom stereocenters. The Labute approximate surface area is 118 Å². The van der Waals surface area contributed by atoms with E-state index in [0.29, 0.717) is 12.4 Å². The van der Waals surface area contributed by atoms with Crippen LogP contribution in [0, 0.1) is 5.82 Å². The quantitative estimate of drug-likeness (QED) is 0.910. The topological polar surface area (TPSA) is 54.0 Å². The van der Waals surface area contributed by atoms with E-state index in [0.717, 1.165) is 10.0 Å². The molecule has 0 saturated carbocycles. The Morgan fingerprint density at radius 2 is 2.00 bits per heavy atom. The summed E-state index contributed by atoms with van der Waals surface area (Å²) in [7, 11) is 0. The summed E-state index contributed by atoms with van der Waals surface area (Å²) in [5.41, 5.74) is 0.818. The molecule has 0 aliphatic heterocycles. The molecular formula is C13H11BrFN3O. The molecule has 19 heavy (non-hydrogen) atoms. The molecule has 0 atom stereocenters. The normalized spacial score (nSPS) is 10.0. The van der Waals surface area contributed by atoms with Gasteiger partial charge in [0.05, 0.1) is 0 Å². The number of pyridine rings is 1. The summed E-state index contributed by atoms with van der Waals surface area (Å²) in [6.45, 7) is 0.320. The summed E-state index contributed by atoms with van der Waals surface area (Å²) in [5, 5.41) is 5.26. The average Bonchev–Trinajstić information content (AvgIpc) is 2.38. The Hall–Kier alpha value is -1.95. The summed E-state index contributed by atoms with van der Waals surface area (Å²) in [6.07, 6.45) is 1.58. The van der Waals surface area contributed by atoms with E-state index in [4.69, 9.17) is 0 Å². The van der Waals surface area contributed by atoms with E-state index in [1.165, 1.54) is 12.1 Å². The molecule has 4 nitrogen and oxygen atoms in total. The summed E-state index contributed by atoms with van der Waals surface area (Å²) in [5.74, 6) is 0.150. The third kappa shape index (κ3) is 4.33. The van der Waals surface area contributed by atoms with Crippen LogP contribution in [0.2, 0.25) is 0 Å². The van der Waals surface area contributed by atoms with Crippen molar-refractivity contribution in [3.8, 4) is 0 Å². The minimum atomic E-state index is -0.366. The Balaban J connectivity index is 1.86. The number of urea groups is 1. The van der Waals surface area contributed by atoms with Gasteiger partial charge in [-0.3, -0.25) is 5.32 Å². The van der Waals surface area contributed by atoms with Crippen LogP contribution in [0.5, 0.6) is 0 Å². The number of hydrogen-bond donors (Lipinski definition) is 2. The summed E-state index contributed by atoms with van der Waals surface area (Å²) >= 11 is 3.29. The van der Waals surface area contributed by atoms with Gasteiger partial charge in [-0.1, -0.05) is 28.1 Å². The molecule has 98 valence electrons.